The molecule has 1 rings (SSSR count). The number of hydrogen-bond acceptors (Lipinski definition) is 4. The minimum atomic E-state index is -4.14. The van der Waals surface area contributed by atoms with E-state index in [1.54, 1.807) is 24.3 Å². The van der Waals surface area contributed by atoms with Gasteiger partial charge < -0.3 is 5.02 Å². The Hall–Kier alpha value is -0.885. The van der Waals surface area contributed by atoms with Crippen molar-refractivity contribution in [2.75, 3.05) is 0 Å². The van der Waals surface area contributed by atoms with Crippen LogP contribution < -0.4 is 10.6 Å². The highest BCUT2D eigenvalue weighted by atomic mass is 32.2. The predicted molar refractivity (Wildman–Crippen MR) is 57.6 cm³/mol. The third-order valence-corrected chi connectivity index (χ3v) is 2.35. The van der Waals surface area contributed by atoms with Crippen molar-refractivity contribution in [1.29, 1.82) is 0 Å². The Morgan fingerprint density at radius 1 is 1.40 bits per heavy atom. The number of nitrogens with two attached hydrogens (primary N) is 1. The van der Waals surface area contributed by atoms with E-state index < -0.39 is 17.4 Å². The molecular weight excluding hydrogens is 217 g/mol. The Kier molecular flexibility index (Phi) is 3.86. The summed E-state index contributed by atoms with van der Waals surface area (Å²) in [7, 11) is -5.69. The summed E-state index contributed by atoms with van der Waals surface area (Å²) in [4.78, 5) is 0. The zero-order chi connectivity index (χ0) is 11.5. The van der Waals surface area contributed by atoms with Crippen LogP contribution in [0.25, 0.3) is 0 Å². The van der Waals surface area contributed by atoms with Gasteiger partial charge in [-0.2, -0.15) is 8.42 Å². The number of rotatable bonds is 4. The van der Waals surface area contributed by atoms with Gasteiger partial charge in [0.15, 0.2) is 0 Å². The second-order valence-electron chi connectivity index (χ2n) is 3.04. The van der Waals surface area contributed by atoms with Crippen molar-refractivity contribution in [3.8, 4) is 0 Å². The summed E-state index contributed by atoms with van der Waals surface area (Å²) in [6.07, 6.45) is 0.867. The molecular formula is C8H12BNO4S. The third kappa shape index (κ3) is 4.00. The van der Waals surface area contributed by atoms with Crippen molar-refractivity contribution in [1.82, 2.24) is 0 Å². The predicted octanol–water partition coefficient (Wildman–Crippen LogP) is -0.843. The van der Waals surface area contributed by atoms with E-state index in [9.17, 15) is 13.4 Å². The van der Waals surface area contributed by atoms with Crippen LogP contribution in [0.5, 0.6) is 0 Å². The molecule has 0 aromatic heterocycles. The van der Waals surface area contributed by atoms with Gasteiger partial charge in [0.05, 0.1) is 0 Å². The van der Waals surface area contributed by atoms with E-state index in [-0.39, 0.29) is 0 Å². The fourth-order valence-corrected chi connectivity index (χ4v) is 1.47. The van der Waals surface area contributed by atoms with Crippen LogP contribution in [0.2, 0.25) is 0 Å². The van der Waals surface area contributed by atoms with Crippen molar-refractivity contribution < 1.29 is 17.5 Å². The first-order chi connectivity index (χ1) is 6.92. The Balaban J connectivity index is 2.78. The normalized spacial score (nSPS) is 11.4. The van der Waals surface area contributed by atoms with E-state index in [0.29, 0.717) is 5.46 Å². The smallest absolute Gasteiger partial charge is 0.422 e. The van der Waals surface area contributed by atoms with Crippen molar-refractivity contribution in [2.45, 2.75) is 13.3 Å². The molecule has 0 aliphatic carbocycles. The maximum absolute atomic E-state index is 10.5. The molecule has 0 unspecified atom stereocenters. The van der Waals surface area contributed by atoms with Gasteiger partial charge >= 0.3 is 17.4 Å². The minimum absolute atomic E-state index is 0.348. The second-order valence-corrected chi connectivity index (χ2v) is 4.21. The quantitative estimate of drug-likeness (QED) is 0.658. The van der Waals surface area contributed by atoms with Gasteiger partial charge in [-0.1, -0.05) is 31.2 Å². The molecule has 0 aliphatic rings. The SMILES string of the molecule is CCc1ccc(B(O)OS(N)(=O)=O)cc1. The van der Waals surface area contributed by atoms with E-state index in [0.717, 1.165) is 12.0 Å². The van der Waals surface area contributed by atoms with E-state index in [2.05, 4.69) is 9.24 Å². The van der Waals surface area contributed by atoms with Gasteiger partial charge in [-0.15, -0.1) is 0 Å². The number of hydrogen-bond donors (Lipinski definition) is 2. The summed E-state index contributed by atoms with van der Waals surface area (Å²) in [5.74, 6) is 0. The van der Waals surface area contributed by atoms with Crippen LogP contribution in [0, 0.1) is 0 Å². The maximum Gasteiger partial charge on any atom is 0.508 e. The summed E-state index contributed by atoms with van der Waals surface area (Å²) in [6, 6.07) is 6.75. The molecule has 0 spiro atoms. The lowest BCUT2D eigenvalue weighted by atomic mass is 9.80. The first-order valence-electron chi connectivity index (χ1n) is 4.40. The van der Waals surface area contributed by atoms with Crippen LogP contribution >= 0.6 is 0 Å². The molecule has 0 bridgehead atoms. The van der Waals surface area contributed by atoms with Crippen molar-refractivity contribution >= 4 is 22.9 Å². The van der Waals surface area contributed by atoms with Gasteiger partial charge in [0.1, 0.15) is 0 Å². The highest BCUT2D eigenvalue weighted by Gasteiger charge is 2.21. The molecule has 0 amide bonds. The summed E-state index contributed by atoms with van der Waals surface area (Å²) < 4.78 is 25.3. The molecule has 1 aromatic carbocycles. The highest BCUT2D eigenvalue weighted by molar-refractivity contribution is 7.85. The largest absolute Gasteiger partial charge is 0.508 e. The zero-order valence-electron chi connectivity index (χ0n) is 8.25. The third-order valence-electron chi connectivity index (χ3n) is 1.90. The van der Waals surface area contributed by atoms with E-state index in [1.807, 2.05) is 6.92 Å². The lowest BCUT2D eigenvalue weighted by Gasteiger charge is -2.06. The molecule has 82 valence electrons. The molecule has 15 heavy (non-hydrogen) atoms. The molecule has 0 saturated carbocycles. The molecule has 1 aromatic rings. The molecule has 7 heteroatoms. The summed E-state index contributed by atoms with van der Waals surface area (Å²) in [6.45, 7) is 1.99. The average Bonchev–Trinajstić information content (AvgIpc) is 2.15. The fourth-order valence-electron chi connectivity index (χ4n) is 1.10. The lowest BCUT2D eigenvalue weighted by molar-refractivity contribution is 0.420. The Labute approximate surface area is 89.3 Å². The number of benzene rings is 1. The van der Waals surface area contributed by atoms with Gasteiger partial charge in [-0.05, 0) is 17.4 Å². The van der Waals surface area contributed by atoms with Gasteiger partial charge in [0, 0.05) is 0 Å². The standard InChI is InChI=1S/C8H12BNO4S/c1-2-7-3-5-8(6-4-7)9(11)14-15(10,12)13/h3-6,11H,2H2,1H3,(H2,10,12,13). The van der Waals surface area contributed by atoms with Gasteiger partial charge in [0.25, 0.3) is 0 Å². The van der Waals surface area contributed by atoms with Gasteiger partial charge in [-0.3, -0.25) is 4.10 Å². The van der Waals surface area contributed by atoms with Crippen LogP contribution in [0.1, 0.15) is 12.5 Å². The highest BCUT2D eigenvalue weighted by Crippen LogP contribution is 1.98. The molecule has 0 heterocycles. The molecule has 0 atom stereocenters. The van der Waals surface area contributed by atoms with Crippen molar-refractivity contribution in [3.05, 3.63) is 29.8 Å². The Morgan fingerprint density at radius 2 is 1.93 bits per heavy atom. The van der Waals surface area contributed by atoms with Crippen molar-refractivity contribution in [2.24, 2.45) is 5.14 Å². The van der Waals surface area contributed by atoms with Gasteiger partial charge in [0.2, 0.25) is 0 Å². The second kappa shape index (κ2) is 4.76. The van der Waals surface area contributed by atoms with Gasteiger partial charge in [-0.25, -0.2) is 5.14 Å². The number of aryl methyl sites for hydroxylation is 1. The lowest BCUT2D eigenvalue weighted by Crippen LogP contribution is -2.37. The summed E-state index contributed by atoms with van der Waals surface area (Å²) in [5, 5.41) is 14.0. The maximum atomic E-state index is 10.5. The van der Waals surface area contributed by atoms with Crippen molar-refractivity contribution in [3.63, 3.8) is 0 Å². The molecule has 5 nitrogen and oxygen atoms in total. The first kappa shape index (κ1) is 12.2. The average molecular weight is 229 g/mol. The zero-order valence-corrected chi connectivity index (χ0v) is 9.07. The first-order valence-corrected chi connectivity index (χ1v) is 5.87. The fraction of sp³-hybridized carbons (Fsp3) is 0.250. The Morgan fingerprint density at radius 3 is 2.33 bits per heavy atom. The molecule has 0 fully saturated rings. The minimum Gasteiger partial charge on any atom is -0.422 e. The molecule has 0 radical (unpaired) electrons. The van der Waals surface area contributed by atoms with Crippen LogP contribution in [0.15, 0.2) is 24.3 Å². The van der Waals surface area contributed by atoms with E-state index in [4.69, 9.17) is 0 Å². The van der Waals surface area contributed by atoms with Crippen LogP contribution in [0.3, 0.4) is 0 Å². The molecule has 0 saturated heterocycles. The monoisotopic (exact) mass is 229 g/mol. The van der Waals surface area contributed by atoms with Crippen LogP contribution in [-0.2, 0) is 20.8 Å². The summed E-state index contributed by atoms with van der Waals surface area (Å²) in [5.41, 5.74) is 1.43. The van der Waals surface area contributed by atoms with E-state index in [1.165, 1.54) is 0 Å². The topological polar surface area (TPSA) is 89.6 Å². The summed E-state index contributed by atoms with van der Waals surface area (Å²) >= 11 is 0. The Bertz CT molecular complexity index is 417. The van der Waals surface area contributed by atoms with Crippen LogP contribution in [-0.4, -0.2) is 20.6 Å². The molecule has 3 N–H and O–H groups in total. The molecule has 0 aliphatic heterocycles. The van der Waals surface area contributed by atoms with Crippen LogP contribution in [0.4, 0.5) is 0 Å². The van der Waals surface area contributed by atoms with E-state index >= 15 is 0 Å².